The molecule has 0 unspecified atom stereocenters. The molecule has 1 aromatic rings. The van der Waals surface area contributed by atoms with Crippen molar-refractivity contribution in [2.45, 2.75) is 6.18 Å². The second kappa shape index (κ2) is 3.04. The summed E-state index contributed by atoms with van der Waals surface area (Å²) >= 11 is 0. The van der Waals surface area contributed by atoms with Crippen molar-refractivity contribution < 1.29 is 17.7 Å². The van der Waals surface area contributed by atoms with Gasteiger partial charge in [-0.2, -0.15) is 18.2 Å². The van der Waals surface area contributed by atoms with Crippen LogP contribution in [0.3, 0.4) is 0 Å². The molecule has 0 spiro atoms. The van der Waals surface area contributed by atoms with Crippen LogP contribution in [-0.2, 0) is 6.18 Å². The number of aromatic nitrogens is 2. The molecule has 0 aliphatic rings. The van der Waals surface area contributed by atoms with Gasteiger partial charge in [-0.3, -0.25) is 0 Å². The van der Waals surface area contributed by atoms with Gasteiger partial charge in [0.1, 0.15) is 0 Å². The molecule has 0 atom stereocenters. The van der Waals surface area contributed by atoms with E-state index in [0.717, 1.165) is 0 Å². The van der Waals surface area contributed by atoms with Gasteiger partial charge >= 0.3 is 12.1 Å². The standard InChI is InChI=1S/C7H5F3N2O/c1-3-4(2)5-11-6(13-12-5)7(8,9)10/h3H,1-2H2. The number of alkyl halides is 3. The van der Waals surface area contributed by atoms with Crippen LogP contribution in [0.1, 0.15) is 11.7 Å². The zero-order valence-corrected chi connectivity index (χ0v) is 6.43. The van der Waals surface area contributed by atoms with E-state index in [1.165, 1.54) is 6.08 Å². The van der Waals surface area contributed by atoms with Crippen LogP contribution in [0.5, 0.6) is 0 Å². The van der Waals surface area contributed by atoms with Crippen LogP contribution in [0, 0.1) is 0 Å². The van der Waals surface area contributed by atoms with Crippen molar-refractivity contribution in [1.29, 1.82) is 0 Å². The number of allylic oxidation sites excluding steroid dienone is 2. The lowest BCUT2D eigenvalue weighted by Gasteiger charge is -1.95. The first-order valence-corrected chi connectivity index (χ1v) is 3.17. The summed E-state index contributed by atoms with van der Waals surface area (Å²) < 4.78 is 39.7. The molecule has 0 amide bonds. The van der Waals surface area contributed by atoms with Crippen LogP contribution in [0.4, 0.5) is 13.2 Å². The van der Waals surface area contributed by atoms with Crippen LogP contribution in [0.15, 0.2) is 23.8 Å². The summed E-state index contributed by atoms with van der Waals surface area (Å²) in [7, 11) is 0. The summed E-state index contributed by atoms with van der Waals surface area (Å²) in [5, 5.41) is 3.08. The lowest BCUT2D eigenvalue weighted by molar-refractivity contribution is -0.159. The Balaban J connectivity index is 3.00. The molecule has 0 saturated carbocycles. The first-order chi connectivity index (χ1) is 5.95. The lowest BCUT2D eigenvalue weighted by Crippen LogP contribution is -2.05. The first kappa shape index (κ1) is 9.50. The third-order valence-electron chi connectivity index (χ3n) is 1.20. The van der Waals surface area contributed by atoms with Crippen LogP contribution in [0.25, 0.3) is 5.57 Å². The Kier molecular flexibility index (Phi) is 2.22. The highest BCUT2D eigenvalue weighted by atomic mass is 19.4. The third-order valence-corrected chi connectivity index (χ3v) is 1.20. The van der Waals surface area contributed by atoms with E-state index in [1.54, 1.807) is 0 Å². The molecule has 0 N–H and O–H groups in total. The average Bonchev–Trinajstić information content (AvgIpc) is 2.50. The molecule has 6 heteroatoms. The van der Waals surface area contributed by atoms with Crippen molar-refractivity contribution in [2.75, 3.05) is 0 Å². The molecule has 0 fully saturated rings. The molecule has 0 bridgehead atoms. The van der Waals surface area contributed by atoms with Crippen molar-refractivity contribution in [3.63, 3.8) is 0 Å². The number of hydrogen-bond acceptors (Lipinski definition) is 3. The van der Waals surface area contributed by atoms with Crippen molar-refractivity contribution in [3.8, 4) is 0 Å². The van der Waals surface area contributed by atoms with Gasteiger partial charge in [-0.1, -0.05) is 24.4 Å². The minimum absolute atomic E-state index is 0.180. The summed E-state index contributed by atoms with van der Waals surface area (Å²) in [6.45, 7) is 6.67. The molecule has 1 rings (SSSR count). The number of rotatable bonds is 2. The van der Waals surface area contributed by atoms with Crippen LogP contribution >= 0.6 is 0 Å². The second-order valence-corrected chi connectivity index (χ2v) is 2.15. The summed E-state index contributed by atoms with van der Waals surface area (Å²) in [5.74, 6) is -1.59. The van der Waals surface area contributed by atoms with Crippen LogP contribution in [0.2, 0.25) is 0 Å². The molecular weight excluding hydrogens is 185 g/mol. The van der Waals surface area contributed by atoms with E-state index in [-0.39, 0.29) is 11.4 Å². The Morgan fingerprint density at radius 3 is 2.46 bits per heavy atom. The molecule has 1 aromatic heterocycles. The predicted octanol–water partition coefficient (Wildman–Crippen LogP) is 2.29. The SMILES string of the molecule is C=CC(=C)c1noc(C(F)(F)F)n1. The molecule has 0 aromatic carbocycles. The topological polar surface area (TPSA) is 38.9 Å². The molecule has 0 aliphatic carbocycles. The second-order valence-electron chi connectivity index (χ2n) is 2.15. The quantitative estimate of drug-likeness (QED) is 0.671. The van der Waals surface area contributed by atoms with E-state index in [0.29, 0.717) is 0 Å². The van der Waals surface area contributed by atoms with E-state index >= 15 is 0 Å². The van der Waals surface area contributed by atoms with E-state index in [9.17, 15) is 13.2 Å². The Hall–Kier alpha value is -1.59. The molecular formula is C7H5F3N2O. The zero-order valence-electron chi connectivity index (χ0n) is 6.43. The lowest BCUT2D eigenvalue weighted by atomic mass is 10.3. The summed E-state index contributed by atoms with van der Waals surface area (Å²) in [6.07, 6.45) is -3.38. The number of halogens is 3. The minimum Gasteiger partial charge on any atom is -0.329 e. The highest BCUT2D eigenvalue weighted by molar-refractivity contribution is 5.65. The van der Waals surface area contributed by atoms with E-state index < -0.39 is 12.1 Å². The average molecular weight is 190 g/mol. The van der Waals surface area contributed by atoms with E-state index in [1.807, 2.05) is 0 Å². The Morgan fingerprint density at radius 1 is 1.46 bits per heavy atom. The van der Waals surface area contributed by atoms with Gasteiger partial charge in [0.25, 0.3) is 0 Å². The maximum Gasteiger partial charge on any atom is 0.471 e. The van der Waals surface area contributed by atoms with Gasteiger partial charge < -0.3 is 4.52 Å². The molecule has 3 nitrogen and oxygen atoms in total. The van der Waals surface area contributed by atoms with Gasteiger partial charge in [0.2, 0.25) is 5.82 Å². The Bertz CT molecular complexity index is 340. The van der Waals surface area contributed by atoms with Gasteiger partial charge in [-0.25, -0.2) is 0 Å². The molecule has 70 valence electrons. The largest absolute Gasteiger partial charge is 0.471 e. The molecule has 0 aliphatic heterocycles. The predicted molar refractivity (Wildman–Crippen MR) is 38.5 cm³/mol. The monoisotopic (exact) mass is 190 g/mol. The fraction of sp³-hybridized carbons (Fsp3) is 0.143. The molecule has 0 saturated heterocycles. The van der Waals surface area contributed by atoms with Gasteiger partial charge in [0, 0.05) is 5.57 Å². The van der Waals surface area contributed by atoms with Crippen molar-refractivity contribution in [1.82, 2.24) is 10.1 Å². The van der Waals surface area contributed by atoms with Gasteiger partial charge in [-0.15, -0.1) is 0 Å². The molecule has 1 heterocycles. The normalized spacial score (nSPS) is 11.3. The Labute approximate surface area is 71.6 Å². The fourth-order valence-corrected chi connectivity index (χ4v) is 0.560. The van der Waals surface area contributed by atoms with Gasteiger partial charge in [0.05, 0.1) is 0 Å². The minimum atomic E-state index is -4.62. The first-order valence-electron chi connectivity index (χ1n) is 3.17. The number of nitrogens with zero attached hydrogens (tertiary/aromatic N) is 2. The summed E-state index contributed by atoms with van der Waals surface area (Å²) in [4.78, 5) is 3.08. The third kappa shape index (κ3) is 1.95. The van der Waals surface area contributed by atoms with Gasteiger partial charge in [0.15, 0.2) is 0 Å². The van der Waals surface area contributed by atoms with Crippen LogP contribution in [-0.4, -0.2) is 10.1 Å². The van der Waals surface area contributed by atoms with Crippen LogP contribution < -0.4 is 0 Å². The Morgan fingerprint density at radius 2 is 2.08 bits per heavy atom. The highest BCUT2D eigenvalue weighted by Gasteiger charge is 2.38. The summed E-state index contributed by atoms with van der Waals surface area (Å²) in [6, 6.07) is 0. The van der Waals surface area contributed by atoms with Crippen molar-refractivity contribution >= 4 is 5.57 Å². The van der Waals surface area contributed by atoms with Gasteiger partial charge in [-0.05, 0) is 0 Å². The fourth-order valence-electron chi connectivity index (χ4n) is 0.560. The smallest absolute Gasteiger partial charge is 0.329 e. The van der Waals surface area contributed by atoms with E-state index in [2.05, 4.69) is 27.8 Å². The number of hydrogen-bond donors (Lipinski definition) is 0. The van der Waals surface area contributed by atoms with Crippen molar-refractivity contribution in [3.05, 3.63) is 30.9 Å². The summed E-state index contributed by atoms with van der Waals surface area (Å²) in [5.41, 5.74) is 0.180. The maximum atomic E-state index is 11.9. The highest BCUT2D eigenvalue weighted by Crippen LogP contribution is 2.28. The van der Waals surface area contributed by atoms with Crippen molar-refractivity contribution in [2.24, 2.45) is 0 Å². The molecule has 13 heavy (non-hydrogen) atoms. The maximum absolute atomic E-state index is 11.9. The molecule has 0 radical (unpaired) electrons. The zero-order chi connectivity index (χ0) is 10.1. The van der Waals surface area contributed by atoms with E-state index in [4.69, 9.17) is 0 Å².